The topological polar surface area (TPSA) is 77.1 Å². The zero-order valence-corrected chi connectivity index (χ0v) is 15.4. The largest absolute Gasteiger partial charge is 0.481 e. The van der Waals surface area contributed by atoms with Gasteiger partial charge in [-0.25, -0.2) is 9.78 Å². The molecule has 0 fully saturated rings. The summed E-state index contributed by atoms with van der Waals surface area (Å²) in [6, 6.07) is 13.1. The van der Waals surface area contributed by atoms with Crippen molar-refractivity contribution < 1.29 is 14.3 Å². The van der Waals surface area contributed by atoms with Gasteiger partial charge in [-0.15, -0.1) is 11.6 Å². The van der Waals surface area contributed by atoms with Crippen molar-refractivity contribution in [3.63, 3.8) is 0 Å². The molecule has 2 aromatic heterocycles. The number of nitrogens with one attached hydrogen (secondary N) is 1. The molecule has 0 amide bonds. The van der Waals surface area contributed by atoms with Crippen LogP contribution in [0.1, 0.15) is 26.9 Å². The first-order chi connectivity index (χ1) is 13.1. The monoisotopic (exact) mass is 381 g/mol. The molecule has 4 rings (SSSR count). The lowest BCUT2D eigenvalue weighted by atomic mass is 9.98. The summed E-state index contributed by atoms with van der Waals surface area (Å²) in [5.41, 5.74) is 3.64. The molecule has 1 N–H and O–H groups in total. The lowest BCUT2D eigenvalue weighted by Crippen LogP contribution is -2.04. The van der Waals surface area contributed by atoms with E-state index in [9.17, 15) is 4.79 Å². The minimum atomic E-state index is -0.423. The second-order valence-electron chi connectivity index (χ2n) is 6.02. The molecule has 7 heteroatoms. The number of rotatable bonds is 4. The van der Waals surface area contributed by atoms with Crippen LogP contribution in [0.4, 0.5) is 0 Å². The second-order valence-corrected chi connectivity index (χ2v) is 6.46. The second kappa shape index (κ2) is 6.89. The molecule has 2 heterocycles. The Morgan fingerprint density at radius 3 is 2.78 bits per heavy atom. The maximum Gasteiger partial charge on any atom is 0.340 e. The van der Waals surface area contributed by atoms with E-state index < -0.39 is 11.3 Å². The van der Waals surface area contributed by atoms with Crippen LogP contribution in [0.3, 0.4) is 0 Å². The maximum atomic E-state index is 12.0. The molecule has 0 aliphatic heterocycles. The fraction of sp³-hybridized carbons (Fsp3) is 0.150. The number of aromatic nitrogens is 3. The first-order valence-electron chi connectivity index (χ1n) is 8.25. The van der Waals surface area contributed by atoms with Crippen LogP contribution in [0.25, 0.3) is 21.8 Å². The van der Waals surface area contributed by atoms with Crippen molar-refractivity contribution in [2.24, 2.45) is 0 Å². The van der Waals surface area contributed by atoms with Gasteiger partial charge in [-0.05, 0) is 35.4 Å². The Labute approximate surface area is 160 Å². The fourth-order valence-electron chi connectivity index (χ4n) is 3.13. The summed E-state index contributed by atoms with van der Waals surface area (Å²) < 4.78 is 9.99. The number of carbonyl (C=O) groups excluding carboxylic acids is 1. The molecular formula is C20H16ClN3O3. The molecule has 6 nitrogen and oxygen atoms in total. The van der Waals surface area contributed by atoms with Crippen LogP contribution in [0.5, 0.6) is 5.88 Å². The van der Waals surface area contributed by atoms with E-state index in [4.69, 9.17) is 21.1 Å². The normalized spacial score (nSPS) is 12.3. The smallest absolute Gasteiger partial charge is 0.340 e. The Hall–Kier alpha value is -3.12. The van der Waals surface area contributed by atoms with Crippen molar-refractivity contribution >= 4 is 39.4 Å². The number of nitrogens with zero attached hydrogens (tertiary/aromatic N) is 2. The quantitative estimate of drug-likeness (QED) is 0.422. The third-order valence-corrected chi connectivity index (χ3v) is 5.00. The van der Waals surface area contributed by atoms with Gasteiger partial charge in [0.1, 0.15) is 0 Å². The van der Waals surface area contributed by atoms with Gasteiger partial charge in [0.05, 0.1) is 42.4 Å². The first kappa shape index (κ1) is 17.3. The summed E-state index contributed by atoms with van der Waals surface area (Å²) in [5, 5.41) is 8.26. The lowest BCUT2D eigenvalue weighted by Gasteiger charge is -2.13. The van der Waals surface area contributed by atoms with Crippen molar-refractivity contribution in [3.05, 3.63) is 65.4 Å². The molecule has 1 unspecified atom stereocenters. The predicted molar refractivity (Wildman–Crippen MR) is 103 cm³/mol. The van der Waals surface area contributed by atoms with Gasteiger partial charge in [0.25, 0.3) is 0 Å². The molecular weight excluding hydrogens is 366 g/mol. The highest BCUT2D eigenvalue weighted by atomic mass is 35.5. The van der Waals surface area contributed by atoms with Crippen molar-refractivity contribution in [1.29, 1.82) is 0 Å². The highest BCUT2D eigenvalue weighted by Gasteiger charge is 2.20. The van der Waals surface area contributed by atoms with Gasteiger partial charge in [0.15, 0.2) is 0 Å². The number of H-pyrrole nitrogens is 1. The number of ether oxygens (including phenoxy) is 2. The first-order valence-corrected chi connectivity index (χ1v) is 8.69. The van der Waals surface area contributed by atoms with E-state index in [-0.39, 0.29) is 0 Å². The highest BCUT2D eigenvalue weighted by molar-refractivity contribution is 6.24. The Morgan fingerprint density at radius 1 is 1.15 bits per heavy atom. The molecule has 2 aromatic carbocycles. The van der Waals surface area contributed by atoms with Gasteiger partial charge in [-0.1, -0.05) is 12.1 Å². The SMILES string of the molecule is COC(=O)c1ccc(C(Cl)c2ccc3nc(OC)ccc3c2)c2cn[nH]c12. The molecule has 0 saturated carbocycles. The van der Waals surface area contributed by atoms with Crippen LogP contribution in [0, 0.1) is 0 Å². The molecule has 136 valence electrons. The van der Waals surface area contributed by atoms with Gasteiger partial charge in [0.2, 0.25) is 5.88 Å². The van der Waals surface area contributed by atoms with Crippen LogP contribution in [-0.2, 0) is 4.74 Å². The number of hydrogen-bond acceptors (Lipinski definition) is 5. The number of fused-ring (bicyclic) bond motifs is 2. The minimum absolute atomic E-state index is 0.414. The van der Waals surface area contributed by atoms with Gasteiger partial charge in [-0.2, -0.15) is 5.10 Å². The van der Waals surface area contributed by atoms with Crippen molar-refractivity contribution in [2.45, 2.75) is 5.38 Å². The number of hydrogen-bond donors (Lipinski definition) is 1. The van der Waals surface area contributed by atoms with Crippen LogP contribution in [0.15, 0.2) is 48.7 Å². The molecule has 1 atom stereocenters. The number of methoxy groups -OCH3 is 2. The number of benzene rings is 2. The van der Waals surface area contributed by atoms with Crippen molar-refractivity contribution in [1.82, 2.24) is 15.2 Å². The van der Waals surface area contributed by atoms with Crippen molar-refractivity contribution in [2.75, 3.05) is 14.2 Å². The van der Waals surface area contributed by atoms with Gasteiger partial charge >= 0.3 is 5.97 Å². The summed E-state index contributed by atoms with van der Waals surface area (Å²) in [6.07, 6.45) is 1.67. The zero-order valence-electron chi connectivity index (χ0n) is 14.7. The van der Waals surface area contributed by atoms with Crippen molar-refractivity contribution in [3.8, 4) is 5.88 Å². The van der Waals surface area contributed by atoms with Gasteiger partial charge in [-0.3, -0.25) is 5.10 Å². The number of alkyl halides is 1. The van der Waals surface area contributed by atoms with E-state index in [0.29, 0.717) is 17.0 Å². The minimum Gasteiger partial charge on any atom is -0.481 e. The molecule has 4 aromatic rings. The number of aromatic amines is 1. The number of carbonyl (C=O) groups is 1. The third kappa shape index (κ3) is 2.98. The molecule has 27 heavy (non-hydrogen) atoms. The highest BCUT2D eigenvalue weighted by Crippen LogP contribution is 2.35. The lowest BCUT2D eigenvalue weighted by molar-refractivity contribution is 0.0602. The average Bonchev–Trinajstić information content (AvgIpc) is 3.21. The zero-order chi connectivity index (χ0) is 19.0. The molecule has 0 spiro atoms. The molecule has 0 bridgehead atoms. The Bertz CT molecular complexity index is 1160. The number of esters is 1. The summed E-state index contributed by atoms with van der Waals surface area (Å²) in [7, 11) is 2.94. The standard InChI is InChI=1S/C20H16ClN3O3/c1-26-17-8-4-11-9-12(3-7-16(11)23-17)18(21)13-5-6-14(20(25)27-2)19-15(13)10-22-24-19/h3-10,18H,1-2H3,(H,22,24). The Kier molecular flexibility index (Phi) is 4.41. The number of pyridine rings is 1. The van der Waals surface area contributed by atoms with Gasteiger partial charge in [0, 0.05) is 16.8 Å². The summed E-state index contributed by atoms with van der Waals surface area (Å²) >= 11 is 6.79. The van der Waals surface area contributed by atoms with Crippen LogP contribution < -0.4 is 4.74 Å². The predicted octanol–water partition coefficient (Wildman–Crippen LogP) is 4.23. The molecule has 0 saturated heterocycles. The van der Waals surface area contributed by atoms with E-state index in [1.165, 1.54) is 7.11 Å². The van der Waals surface area contributed by atoms with Crippen LogP contribution >= 0.6 is 11.6 Å². The fourth-order valence-corrected chi connectivity index (χ4v) is 3.46. The van der Waals surface area contributed by atoms with Crippen LogP contribution in [-0.4, -0.2) is 35.4 Å². The average molecular weight is 382 g/mol. The van der Waals surface area contributed by atoms with E-state index in [0.717, 1.165) is 27.4 Å². The Morgan fingerprint density at radius 2 is 2.00 bits per heavy atom. The molecule has 0 aliphatic rings. The summed E-state index contributed by atoms with van der Waals surface area (Å²) in [6.45, 7) is 0. The van der Waals surface area contributed by atoms with Crippen LogP contribution in [0.2, 0.25) is 0 Å². The van der Waals surface area contributed by atoms with E-state index in [1.54, 1.807) is 19.4 Å². The summed E-state index contributed by atoms with van der Waals surface area (Å²) in [4.78, 5) is 16.4. The van der Waals surface area contributed by atoms with Gasteiger partial charge < -0.3 is 9.47 Å². The Balaban J connectivity index is 1.79. The van der Waals surface area contributed by atoms with E-state index >= 15 is 0 Å². The third-order valence-electron chi connectivity index (χ3n) is 4.52. The van der Waals surface area contributed by atoms with E-state index in [1.807, 2.05) is 36.4 Å². The maximum absolute atomic E-state index is 12.0. The summed E-state index contributed by atoms with van der Waals surface area (Å²) in [5.74, 6) is 0.142. The molecule has 0 aliphatic carbocycles. The molecule has 0 radical (unpaired) electrons. The number of halogens is 1. The van der Waals surface area contributed by atoms with E-state index in [2.05, 4.69) is 15.2 Å².